The van der Waals surface area contributed by atoms with E-state index in [2.05, 4.69) is 5.32 Å². The van der Waals surface area contributed by atoms with Gasteiger partial charge in [-0.05, 0) is 18.1 Å². The van der Waals surface area contributed by atoms with Crippen LogP contribution < -0.4 is 21.3 Å². The minimum absolute atomic E-state index is 0.0677. The largest absolute Gasteiger partial charge is 0.491 e. The number of nitrogens with zero attached hydrogens (tertiary/aromatic N) is 1. The molecule has 1 aromatic heterocycles. The predicted molar refractivity (Wildman–Crippen MR) is 88.5 cm³/mol. The first-order valence-corrected chi connectivity index (χ1v) is 7.63. The first-order chi connectivity index (χ1) is 11.8. The van der Waals surface area contributed by atoms with Crippen molar-refractivity contribution in [3.8, 4) is 11.4 Å². The quantitative estimate of drug-likeness (QED) is 0.817. The lowest BCUT2D eigenvalue weighted by molar-refractivity contribution is 0.0880. The lowest BCUT2D eigenvalue weighted by Gasteiger charge is -2.17. The molecule has 0 radical (unpaired) electrons. The molecule has 0 bridgehead atoms. The number of carbonyl (C=O) groups is 2. The highest BCUT2D eigenvalue weighted by atomic mass is 19.1. The number of hydrogen-bond donors (Lipinski definition) is 2. The van der Waals surface area contributed by atoms with Crippen molar-refractivity contribution in [1.82, 2.24) is 9.88 Å². The maximum absolute atomic E-state index is 13.8. The number of fused-ring (bicyclic) bond motifs is 1. The molecule has 0 spiro atoms. The summed E-state index contributed by atoms with van der Waals surface area (Å²) in [6.45, 7) is 4.22. The second-order valence-electron chi connectivity index (χ2n) is 6.09. The molecule has 2 heterocycles. The molecule has 2 amide bonds. The zero-order valence-corrected chi connectivity index (χ0v) is 13.6. The van der Waals surface area contributed by atoms with E-state index < -0.39 is 23.2 Å². The summed E-state index contributed by atoms with van der Waals surface area (Å²) in [5, 5.41) is 2.08. The summed E-state index contributed by atoms with van der Waals surface area (Å²) in [4.78, 5) is 36.1. The van der Waals surface area contributed by atoms with Gasteiger partial charge in [0, 0.05) is 12.1 Å². The van der Waals surface area contributed by atoms with Crippen LogP contribution in [-0.2, 0) is 0 Å². The van der Waals surface area contributed by atoms with Gasteiger partial charge >= 0.3 is 0 Å². The number of ether oxygens (including phenoxy) is 1. The zero-order chi connectivity index (χ0) is 18.3. The smallest absolute Gasteiger partial charge is 0.262 e. The Morgan fingerprint density at radius 3 is 2.60 bits per heavy atom. The molecule has 2 aromatic rings. The Labute approximate surface area is 142 Å². The Morgan fingerprint density at radius 1 is 1.20 bits per heavy atom. The van der Waals surface area contributed by atoms with Crippen LogP contribution in [-0.4, -0.2) is 23.0 Å². The van der Waals surface area contributed by atoms with Crippen LogP contribution in [0.3, 0.4) is 0 Å². The molecule has 1 aliphatic rings. The minimum Gasteiger partial charge on any atom is -0.491 e. The van der Waals surface area contributed by atoms with Crippen LogP contribution in [0.15, 0.2) is 29.1 Å². The van der Waals surface area contributed by atoms with Crippen LogP contribution >= 0.6 is 0 Å². The topological polar surface area (TPSA) is 103 Å². The average Bonchev–Trinajstić information content (AvgIpc) is 2.80. The highest BCUT2D eigenvalue weighted by Crippen LogP contribution is 2.28. The second kappa shape index (κ2) is 6.04. The number of rotatable bonds is 4. The van der Waals surface area contributed by atoms with E-state index in [4.69, 9.17) is 10.5 Å². The number of nitrogens with one attached hydrogen (secondary N) is 1. The Balaban J connectivity index is 2.23. The predicted octanol–water partition coefficient (Wildman–Crippen LogP) is 1.48. The molecule has 7 nitrogen and oxygen atoms in total. The van der Waals surface area contributed by atoms with Crippen molar-refractivity contribution in [1.29, 1.82) is 0 Å². The van der Waals surface area contributed by atoms with Gasteiger partial charge in [-0.25, -0.2) is 4.39 Å². The van der Waals surface area contributed by atoms with Gasteiger partial charge in [-0.1, -0.05) is 13.8 Å². The fraction of sp³-hybridized carbons (Fsp3) is 0.235. The van der Waals surface area contributed by atoms with E-state index in [0.29, 0.717) is 6.61 Å². The second-order valence-corrected chi connectivity index (χ2v) is 6.09. The van der Waals surface area contributed by atoms with Gasteiger partial charge in [0.2, 0.25) is 0 Å². The fourth-order valence-electron chi connectivity index (χ4n) is 2.57. The molecule has 130 valence electrons. The number of benzene rings is 1. The van der Waals surface area contributed by atoms with Crippen LogP contribution in [0.1, 0.15) is 34.6 Å². The number of imide groups is 1. The average molecular weight is 345 g/mol. The number of halogens is 1. The van der Waals surface area contributed by atoms with Gasteiger partial charge in [-0.2, -0.15) is 0 Å². The summed E-state index contributed by atoms with van der Waals surface area (Å²) in [5.74, 6) is -1.78. The fourth-order valence-corrected chi connectivity index (χ4v) is 2.57. The molecule has 8 heteroatoms. The molecule has 0 saturated carbocycles. The van der Waals surface area contributed by atoms with Gasteiger partial charge < -0.3 is 10.5 Å². The molecular formula is C17H16FN3O4. The highest BCUT2D eigenvalue weighted by Gasteiger charge is 2.32. The number of aromatic nitrogens is 1. The number of pyridine rings is 1. The van der Waals surface area contributed by atoms with Crippen molar-refractivity contribution in [2.24, 2.45) is 5.92 Å². The maximum Gasteiger partial charge on any atom is 0.262 e. The molecule has 25 heavy (non-hydrogen) atoms. The van der Waals surface area contributed by atoms with E-state index in [1.807, 2.05) is 13.8 Å². The van der Waals surface area contributed by atoms with E-state index in [1.54, 1.807) is 0 Å². The highest BCUT2D eigenvalue weighted by molar-refractivity contribution is 6.23. The summed E-state index contributed by atoms with van der Waals surface area (Å²) in [5.41, 5.74) is 5.17. The Morgan fingerprint density at radius 2 is 1.92 bits per heavy atom. The molecule has 0 unspecified atom stereocenters. The molecule has 3 N–H and O–H groups in total. The van der Waals surface area contributed by atoms with E-state index in [0.717, 1.165) is 16.7 Å². The standard InChI is InChI=1S/C17H16FN3O4/c1-8(2)7-25-12-4-3-9(18)5-11(12)21-13(22)6-10-14(15(21)19)17(24)20-16(10)23/h3-6,8H,7,19H2,1-2H3,(H,20,23,24). The van der Waals surface area contributed by atoms with Crippen LogP contribution in [0.2, 0.25) is 0 Å². The van der Waals surface area contributed by atoms with Gasteiger partial charge in [0.25, 0.3) is 17.4 Å². The summed E-state index contributed by atoms with van der Waals surface area (Å²) in [7, 11) is 0. The van der Waals surface area contributed by atoms with Crippen molar-refractivity contribution in [2.45, 2.75) is 13.8 Å². The van der Waals surface area contributed by atoms with Crippen LogP contribution in [0.4, 0.5) is 10.2 Å². The first-order valence-electron chi connectivity index (χ1n) is 7.63. The van der Waals surface area contributed by atoms with E-state index in [9.17, 15) is 18.8 Å². The monoisotopic (exact) mass is 345 g/mol. The van der Waals surface area contributed by atoms with Crippen LogP contribution in [0.5, 0.6) is 5.75 Å². The van der Waals surface area contributed by atoms with Crippen molar-refractivity contribution in [2.75, 3.05) is 12.3 Å². The number of carbonyl (C=O) groups excluding carboxylic acids is 2. The molecule has 0 fully saturated rings. The number of anilines is 1. The zero-order valence-electron chi connectivity index (χ0n) is 13.6. The summed E-state index contributed by atoms with van der Waals surface area (Å²) in [6, 6.07) is 4.68. The molecular weight excluding hydrogens is 329 g/mol. The van der Waals surface area contributed by atoms with E-state index in [-0.39, 0.29) is 34.3 Å². The lowest BCUT2D eigenvalue weighted by atomic mass is 10.1. The van der Waals surface area contributed by atoms with E-state index in [1.165, 1.54) is 12.1 Å². The van der Waals surface area contributed by atoms with Gasteiger partial charge in [-0.3, -0.25) is 24.3 Å². The normalized spacial score (nSPS) is 13.1. The maximum atomic E-state index is 13.8. The SMILES string of the molecule is CC(C)COc1ccc(F)cc1-n1c(N)c2c(cc1=O)C(=O)NC2=O. The molecule has 1 aromatic carbocycles. The van der Waals surface area contributed by atoms with Gasteiger partial charge in [0.05, 0.1) is 23.4 Å². The number of hydrogen-bond acceptors (Lipinski definition) is 5. The number of amides is 2. The third kappa shape index (κ3) is 2.86. The number of nitrogen functional groups attached to an aromatic ring is 1. The third-order valence-corrected chi connectivity index (χ3v) is 3.69. The molecule has 0 aliphatic carbocycles. The summed E-state index contributed by atoms with van der Waals surface area (Å²) in [6.07, 6.45) is 0. The van der Waals surface area contributed by atoms with Crippen LogP contribution in [0.25, 0.3) is 5.69 Å². The van der Waals surface area contributed by atoms with Gasteiger partial charge in [-0.15, -0.1) is 0 Å². The first kappa shape index (κ1) is 16.7. The number of nitrogens with two attached hydrogens (primary N) is 1. The van der Waals surface area contributed by atoms with E-state index >= 15 is 0 Å². The van der Waals surface area contributed by atoms with Gasteiger partial charge in [0.1, 0.15) is 17.4 Å². The summed E-state index contributed by atoms with van der Waals surface area (Å²) >= 11 is 0. The summed E-state index contributed by atoms with van der Waals surface area (Å²) < 4.78 is 20.4. The molecule has 0 atom stereocenters. The lowest BCUT2D eigenvalue weighted by Crippen LogP contribution is -2.25. The Kier molecular flexibility index (Phi) is 4.03. The molecule has 1 aliphatic heterocycles. The third-order valence-electron chi connectivity index (χ3n) is 3.69. The molecule has 0 saturated heterocycles. The van der Waals surface area contributed by atoms with Crippen molar-refractivity contribution < 1.29 is 18.7 Å². The van der Waals surface area contributed by atoms with Crippen molar-refractivity contribution in [3.63, 3.8) is 0 Å². The van der Waals surface area contributed by atoms with Gasteiger partial charge in [0.15, 0.2) is 0 Å². The Hall–Kier alpha value is -3.16. The van der Waals surface area contributed by atoms with Crippen LogP contribution in [0, 0.1) is 11.7 Å². The van der Waals surface area contributed by atoms with Crippen molar-refractivity contribution in [3.05, 3.63) is 51.6 Å². The van der Waals surface area contributed by atoms with Crippen molar-refractivity contribution >= 4 is 17.6 Å². The Bertz CT molecular complexity index is 950. The minimum atomic E-state index is -0.702. The molecule has 3 rings (SSSR count).